The number of sulfone groups is 1. The molecule has 17 heavy (non-hydrogen) atoms. The normalized spacial score (nSPS) is 21.3. The predicted molar refractivity (Wildman–Crippen MR) is 61.6 cm³/mol. The summed E-state index contributed by atoms with van der Waals surface area (Å²) in [5.74, 6) is 0. The molecule has 0 aromatic heterocycles. The highest BCUT2D eigenvalue weighted by Crippen LogP contribution is 2.21. The van der Waals surface area contributed by atoms with Crippen molar-refractivity contribution >= 4 is 19.9 Å². The standard InChI is InChI=1S/C8H17NO6S2/c1-16(11,12)7-17(13,14)9-8(6-10)2-4-15-5-3-8/h9-10H,2-7H2,1H3. The molecule has 1 aliphatic heterocycles. The number of rotatable bonds is 5. The van der Waals surface area contributed by atoms with Gasteiger partial charge in [0, 0.05) is 19.5 Å². The molecule has 0 aromatic carbocycles. The maximum absolute atomic E-state index is 11.6. The minimum atomic E-state index is -3.96. The van der Waals surface area contributed by atoms with Gasteiger partial charge in [-0.05, 0) is 12.8 Å². The van der Waals surface area contributed by atoms with E-state index >= 15 is 0 Å². The second kappa shape index (κ2) is 5.19. The van der Waals surface area contributed by atoms with Gasteiger partial charge in [-0.15, -0.1) is 0 Å². The molecule has 0 spiro atoms. The first-order valence-corrected chi connectivity index (χ1v) is 8.77. The van der Waals surface area contributed by atoms with E-state index in [0.717, 1.165) is 6.26 Å². The molecule has 102 valence electrons. The molecule has 0 amide bonds. The van der Waals surface area contributed by atoms with Gasteiger partial charge in [-0.2, -0.15) is 0 Å². The van der Waals surface area contributed by atoms with Crippen molar-refractivity contribution in [1.29, 1.82) is 0 Å². The smallest absolute Gasteiger partial charge is 0.226 e. The van der Waals surface area contributed by atoms with Gasteiger partial charge in [0.1, 0.15) is 0 Å². The van der Waals surface area contributed by atoms with Gasteiger partial charge in [0.15, 0.2) is 14.9 Å². The van der Waals surface area contributed by atoms with Gasteiger partial charge in [-0.3, -0.25) is 0 Å². The average Bonchev–Trinajstić information content (AvgIpc) is 2.14. The summed E-state index contributed by atoms with van der Waals surface area (Å²) >= 11 is 0. The quantitative estimate of drug-likeness (QED) is 0.633. The molecule has 0 saturated carbocycles. The van der Waals surface area contributed by atoms with E-state index in [1.807, 2.05) is 0 Å². The van der Waals surface area contributed by atoms with Crippen LogP contribution in [0.3, 0.4) is 0 Å². The zero-order valence-electron chi connectivity index (χ0n) is 9.55. The van der Waals surface area contributed by atoms with Gasteiger partial charge in [-0.25, -0.2) is 21.6 Å². The second-order valence-corrected chi connectivity index (χ2v) is 8.54. The molecular weight excluding hydrogens is 270 g/mol. The Morgan fingerprint density at radius 2 is 1.76 bits per heavy atom. The molecule has 1 rings (SSSR count). The van der Waals surface area contributed by atoms with Crippen molar-refractivity contribution < 1.29 is 26.7 Å². The van der Waals surface area contributed by atoms with Gasteiger partial charge in [0.2, 0.25) is 10.0 Å². The third-order valence-electron chi connectivity index (χ3n) is 2.49. The van der Waals surface area contributed by atoms with Crippen LogP contribution < -0.4 is 4.72 Å². The monoisotopic (exact) mass is 287 g/mol. The van der Waals surface area contributed by atoms with E-state index < -0.39 is 30.5 Å². The molecule has 0 aliphatic carbocycles. The summed E-state index contributed by atoms with van der Waals surface area (Å²) < 4.78 is 52.6. The Kier molecular flexibility index (Phi) is 4.53. The largest absolute Gasteiger partial charge is 0.394 e. The number of ether oxygens (including phenoxy) is 1. The van der Waals surface area contributed by atoms with Crippen molar-refractivity contribution in [2.45, 2.75) is 18.4 Å². The Morgan fingerprint density at radius 1 is 1.24 bits per heavy atom. The maximum Gasteiger partial charge on any atom is 0.226 e. The van der Waals surface area contributed by atoms with Gasteiger partial charge in [-0.1, -0.05) is 0 Å². The Morgan fingerprint density at radius 3 is 2.18 bits per heavy atom. The Balaban J connectivity index is 2.80. The molecular formula is C8H17NO6S2. The van der Waals surface area contributed by atoms with E-state index in [1.54, 1.807) is 0 Å². The Labute approximate surface area is 101 Å². The van der Waals surface area contributed by atoms with E-state index in [-0.39, 0.29) is 6.61 Å². The minimum Gasteiger partial charge on any atom is -0.394 e. The maximum atomic E-state index is 11.6. The first-order valence-electron chi connectivity index (χ1n) is 5.06. The Hall–Kier alpha value is -0.220. The van der Waals surface area contributed by atoms with Crippen LogP contribution in [0.5, 0.6) is 0 Å². The average molecular weight is 287 g/mol. The van der Waals surface area contributed by atoms with Gasteiger partial charge < -0.3 is 9.84 Å². The number of nitrogens with one attached hydrogen (secondary N) is 1. The van der Waals surface area contributed by atoms with Crippen molar-refractivity contribution in [2.75, 3.05) is 31.2 Å². The number of hydrogen-bond acceptors (Lipinski definition) is 6. The van der Waals surface area contributed by atoms with Crippen molar-refractivity contribution in [3.63, 3.8) is 0 Å². The summed E-state index contributed by atoms with van der Waals surface area (Å²) in [5, 5.41) is 8.30. The highest BCUT2D eigenvalue weighted by molar-refractivity contribution is 8.06. The number of sulfonamides is 1. The van der Waals surface area contributed by atoms with Crippen molar-refractivity contribution in [3.05, 3.63) is 0 Å². The first-order chi connectivity index (χ1) is 7.68. The van der Waals surface area contributed by atoms with Crippen LogP contribution in [0.2, 0.25) is 0 Å². The number of aliphatic hydroxyl groups is 1. The van der Waals surface area contributed by atoms with Crippen LogP contribution in [0.1, 0.15) is 12.8 Å². The fraction of sp³-hybridized carbons (Fsp3) is 1.00. The fourth-order valence-corrected chi connectivity index (χ4v) is 5.11. The van der Waals surface area contributed by atoms with Crippen LogP contribution in [0.15, 0.2) is 0 Å². The summed E-state index contributed by atoms with van der Waals surface area (Å²) in [5.41, 5.74) is -0.998. The third kappa shape index (κ3) is 4.88. The van der Waals surface area contributed by atoms with E-state index in [9.17, 15) is 21.9 Å². The van der Waals surface area contributed by atoms with Gasteiger partial charge in [0.25, 0.3) is 0 Å². The molecule has 0 unspecified atom stereocenters. The van der Waals surface area contributed by atoms with E-state index in [4.69, 9.17) is 4.74 Å². The molecule has 0 bridgehead atoms. The third-order valence-corrected chi connectivity index (χ3v) is 6.19. The lowest BCUT2D eigenvalue weighted by Gasteiger charge is -2.35. The molecule has 2 N–H and O–H groups in total. The molecule has 7 nitrogen and oxygen atoms in total. The van der Waals surface area contributed by atoms with Gasteiger partial charge in [0.05, 0.1) is 12.1 Å². The highest BCUT2D eigenvalue weighted by atomic mass is 32.3. The molecule has 0 radical (unpaired) electrons. The molecule has 0 atom stereocenters. The van der Waals surface area contributed by atoms with Crippen LogP contribution in [0, 0.1) is 0 Å². The molecule has 1 fully saturated rings. The lowest BCUT2D eigenvalue weighted by atomic mass is 9.93. The summed E-state index contributed by atoms with van der Waals surface area (Å²) in [4.78, 5) is 0. The SMILES string of the molecule is CS(=O)(=O)CS(=O)(=O)NC1(CO)CCOCC1. The molecule has 1 heterocycles. The van der Waals surface area contributed by atoms with Crippen molar-refractivity contribution in [2.24, 2.45) is 0 Å². The zero-order chi connectivity index (χ0) is 13.2. The lowest BCUT2D eigenvalue weighted by molar-refractivity contribution is 0.0223. The summed E-state index contributed by atoms with van der Waals surface area (Å²) in [7, 11) is -7.59. The van der Waals surface area contributed by atoms with Crippen LogP contribution in [0.4, 0.5) is 0 Å². The lowest BCUT2D eigenvalue weighted by Crippen LogP contribution is -2.55. The van der Waals surface area contributed by atoms with Crippen molar-refractivity contribution in [1.82, 2.24) is 4.72 Å². The predicted octanol–water partition coefficient (Wildman–Crippen LogP) is -1.55. The number of aliphatic hydroxyl groups excluding tert-OH is 1. The summed E-state index contributed by atoms with van der Waals surface area (Å²) in [6.07, 6.45) is 1.50. The fourth-order valence-electron chi connectivity index (χ4n) is 1.70. The number of hydrogen-bond donors (Lipinski definition) is 2. The van der Waals surface area contributed by atoms with Crippen LogP contribution in [-0.4, -0.2) is 58.6 Å². The van der Waals surface area contributed by atoms with E-state index in [2.05, 4.69) is 4.72 Å². The van der Waals surface area contributed by atoms with Crippen LogP contribution >= 0.6 is 0 Å². The minimum absolute atomic E-state index is 0.326. The first kappa shape index (κ1) is 14.8. The van der Waals surface area contributed by atoms with Gasteiger partial charge >= 0.3 is 0 Å². The highest BCUT2D eigenvalue weighted by Gasteiger charge is 2.36. The molecule has 0 aromatic rings. The Bertz CT molecular complexity index is 448. The van der Waals surface area contributed by atoms with Crippen LogP contribution in [-0.2, 0) is 24.6 Å². The van der Waals surface area contributed by atoms with Crippen molar-refractivity contribution in [3.8, 4) is 0 Å². The van der Waals surface area contributed by atoms with E-state index in [1.165, 1.54) is 0 Å². The molecule has 9 heteroatoms. The summed E-state index contributed by atoms with van der Waals surface area (Å²) in [6.45, 7) is 0.295. The summed E-state index contributed by atoms with van der Waals surface area (Å²) in [6, 6.07) is 0. The second-order valence-electron chi connectivity index (χ2n) is 4.31. The molecule has 1 aliphatic rings. The van der Waals surface area contributed by atoms with Crippen LogP contribution in [0.25, 0.3) is 0 Å². The van der Waals surface area contributed by atoms with E-state index in [0.29, 0.717) is 26.1 Å². The zero-order valence-corrected chi connectivity index (χ0v) is 11.2. The molecule has 1 saturated heterocycles. The topological polar surface area (TPSA) is 110 Å².